The van der Waals surface area contributed by atoms with Crippen LogP contribution >= 0.6 is 0 Å². The minimum Gasteiger partial charge on any atom is -0.482 e. The van der Waals surface area contributed by atoms with Crippen molar-refractivity contribution in [1.29, 1.82) is 0 Å². The third kappa shape index (κ3) is 2.59. The molecule has 0 spiro atoms. The van der Waals surface area contributed by atoms with Gasteiger partial charge in [-0.3, -0.25) is 4.79 Å². The minimum atomic E-state index is -2.93. The molecular formula is C12H14F2N2O2. The number of hydrogen-bond donors (Lipinski definition) is 2. The summed E-state index contributed by atoms with van der Waals surface area (Å²) >= 11 is 0. The highest BCUT2D eigenvalue weighted by atomic mass is 19.3. The molecule has 1 aromatic carbocycles. The number of fused-ring (bicyclic) bond motifs is 1. The lowest BCUT2D eigenvalue weighted by Gasteiger charge is -2.21. The first-order valence-corrected chi connectivity index (χ1v) is 5.62. The fraction of sp³-hybridized carbons (Fsp3) is 0.417. The monoisotopic (exact) mass is 256 g/mol. The molecule has 2 N–H and O–H groups in total. The van der Waals surface area contributed by atoms with Crippen molar-refractivity contribution >= 4 is 11.6 Å². The van der Waals surface area contributed by atoms with E-state index in [1.165, 1.54) is 18.2 Å². The molecule has 1 aliphatic rings. The zero-order valence-corrected chi connectivity index (χ0v) is 9.93. The van der Waals surface area contributed by atoms with Crippen LogP contribution in [0.15, 0.2) is 18.2 Å². The van der Waals surface area contributed by atoms with Gasteiger partial charge in [0.15, 0.2) is 6.61 Å². The number of alkyl halides is 2. The van der Waals surface area contributed by atoms with Gasteiger partial charge in [0, 0.05) is 18.5 Å². The molecule has 0 saturated carbocycles. The van der Waals surface area contributed by atoms with Crippen molar-refractivity contribution in [2.45, 2.75) is 12.3 Å². The average molecular weight is 256 g/mol. The topological polar surface area (TPSA) is 50.4 Å². The number of rotatable bonds is 4. The van der Waals surface area contributed by atoms with Crippen molar-refractivity contribution in [2.75, 3.05) is 25.5 Å². The maximum Gasteiger partial charge on any atom is 0.274 e. The van der Waals surface area contributed by atoms with E-state index in [2.05, 4.69) is 10.6 Å². The molecular weight excluding hydrogens is 242 g/mol. The molecule has 0 aliphatic carbocycles. The van der Waals surface area contributed by atoms with Crippen LogP contribution in [-0.2, 0) is 10.7 Å². The zero-order valence-electron chi connectivity index (χ0n) is 9.93. The SMILES string of the molecule is CNCCC(F)(F)c1ccc2c(c1)NC(=O)CO2. The van der Waals surface area contributed by atoms with Crippen molar-refractivity contribution in [3.05, 3.63) is 23.8 Å². The predicted octanol–water partition coefficient (Wildman–Crippen LogP) is 1.72. The Morgan fingerprint density at radius 1 is 1.50 bits per heavy atom. The molecule has 0 atom stereocenters. The largest absolute Gasteiger partial charge is 0.482 e. The number of halogens is 2. The lowest BCUT2D eigenvalue weighted by molar-refractivity contribution is -0.118. The molecule has 1 aromatic rings. The number of ether oxygens (including phenoxy) is 1. The van der Waals surface area contributed by atoms with Gasteiger partial charge in [0.25, 0.3) is 11.8 Å². The summed E-state index contributed by atoms with van der Waals surface area (Å²) in [5.74, 6) is -2.85. The van der Waals surface area contributed by atoms with Gasteiger partial charge in [0.1, 0.15) is 5.75 Å². The normalized spacial score (nSPS) is 14.7. The van der Waals surface area contributed by atoms with Crippen LogP contribution in [-0.4, -0.2) is 26.1 Å². The third-order valence-electron chi connectivity index (χ3n) is 2.72. The summed E-state index contributed by atoms with van der Waals surface area (Å²) in [5.41, 5.74) is 0.176. The molecule has 0 bridgehead atoms. The number of carbonyl (C=O) groups is 1. The summed E-state index contributed by atoms with van der Waals surface area (Å²) < 4.78 is 32.7. The van der Waals surface area contributed by atoms with Gasteiger partial charge in [-0.1, -0.05) is 0 Å². The van der Waals surface area contributed by atoms with E-state index < -0.39 is 5.92 Å². The summed E-state index contributed by atoms with van der Waals surface area (Å²) in [4.78, 5) is 11.1. The molecule has 1 aliphatic heterocycles. The molecule has 6 heteroatoms. The van der Waals surface area contributed by atoms with Gasteiger partial charge < -0.3 is 15.4 Å². The van der Waals surface area contributed by atoms with Gasteiger partial charge in [-0.25, -0.2) is 8.78 Å². The number of carbonyl (C=O) groups excluding carboxylic acids is 1. The molecule has 0 aromatic heterocycles. The van der Waals surface area contributed by atoms with E-state index in [0.29, 0.717) is 11.4 Å². The number of benzene rings is 1. The van der Waals surface area contributed by atoms with Crippen molar-refractivity contribution in [2.24, 2.45) is 0 Å². The van der Waals surface area contributed by atoms with Gasteiger partial charge in [0.2, 0.25) is 0 Å². The predicted molar refractivity (Wildman–Crippen MR) is 63.0 cm³/mol. The minimum absolute atomic E-state index is 0.0809. The Bertz CT molecular complexity index is 463. The summed E-state index contributed by atoms with van der Waals surface area (Å²) in [6, 6.07) is 4.05. The van der Waals surface area contributed by atoms with Crippen molar-refractivity contribution in [3.8, 4) is 5.75 Å². The lowest BCUT2D eigenvalue weighted by atomic mass is 10.0. The Kier molecular flexibility index (Phi) is 3.47. The van der Waals surface area contributed by atoms with Crippen LogP contribution in [0.3, 0.4) is 0 Å². The van der Waals surface area contributed by atoms with E-state index in [1.807, 2.05) is 0 Å². The Hall–Kier alpha value is -1.69. The maximum atomic E-state index is 13.8. The average Bonchev–Trinajstić information content (AvgIpc) is 2.35. The fourth-order valence-corrected chi connectivity index (χ4v) is 1.74. The summed E-state index contributed by atoms with van der Waals surface area (Å²) in [5, 5.41) is 5.20. The molecule has 98 valence electrons. The highest BCUT2D eigenvalue weighted by Gasteiger charge is 2.32. The van der Waals surface area contributed by atoms with Crippen LogP contribution < -0.4 is 15.4 Å². The first kappa shape index (κ1) is 12.8. The second-order valence-electron chi connectivity index (χ2n) is 4.11. The third-order valence-corrected chi connectivity index (χ3v) is 2.72. The fourth-order valence-electron chi connectivity index (χ4n) is 1.74. The molecule has 1 heterocycles. The molecule has 18 heavy (non-hydrogen) atoms. The molecule has 4 nitrogen and oxygen atoms in total. The maximum absolute atomic E-state index is 13.8. The van der Waals surface area contributed by atoms with Crippen LogP contribution in [0.5, 0.6) is 5.75 Å². The van der Waals surface area contributed by atoms with E-state index >= 15 is 0 Å². The zero-order chi connectivity index (χ0) is 13.2. The lowest BCUT2D eigenvalue weighted by Crippen LogP contribution is -2.26. The van der Waals surface area contributed by atoms with Crippen LogP contribution in [0, 0.1) is 0 Å². The molecule has 0 fully saturated rings. The van der Waals surface area contributed by atoms with Gasteiger partial charge in [0.05, 0.1) is 5.69 Å². The first-order valence-electron chi connectivity index (χ1n) is 5.62. The van der Waals surface area contributed by atoms with Crippen LogP contribution in [0.2, 0.25) is 0 Å². The smallest absolute Gasteiger partial charge is 0.274 e. The quantitative estimate of drug-likeness (QED) is 0.862. The van der Waals surface area contributed by atoms with E-state index in [-0.39, 0.29) is 31.0 Å². The van der Waals surface area contributed by atoms with Crippen LogP contribution in [0.1, 0.15) is 12.0 Å². The van der Waals surface area contributed by atoms with Gasteiger partial charge in [-0.05, 0) is 25.2 Å². The number of hydrogen-bond acceptors (Lipinski definition) is 3. The molecule has 2 rings (SSSR count). The summed E-state index contributed by atoms with van der Waals surface area (Å²) in [6.07, 6.45) is -0.295. The van der Waals surface area contributed by atoms with Crippen LogP contribution in [0.25, 0.3) is 0 Å². The number of amides is 1. The highest BCUT2D eigenvalue weighted by molar-refractivity contribution is 5.95. The van der Waals surface area contributed by atoms with E-state index in [0.717, 1.165) is 0 Å². The molecule has 0 radical (unpaired) electrons. The first-order chi connectivity index (χ1) is 8.53. The molecule has 1 amide bonds. The highest BCUT2D eigenvalue weighted by Crippen LogP contribution is 2.37. The summed E-state index contributed by atoms with van der Waals surface area (Å²) in [7, 11) is 1.62. The van der Waals surface area contributed by atoms with Crippen molar-refractivity contribution in [1.82, 2.24) is 5.32 Å². The number of anilines is 1. The van der Waals surface area contributed by atoms with Gasteiger partial charge in [-0.15, -0.1) is 0 Å². The summed E-state index contributed by atoms with van der Waals surface area (Å²) in [6.45, 7) is 0.134. The Morgan fingerprint density at radius 2 is 2.28 bits per heavy atom. The van der Waals surface area contributed by atoms with Crippen molar-refractivity contribution in [3.63, 3.8) is 0 Å². The second kappa shape index (κ2) is 4.89. The number of nitrogens with one attached hydrogen (secondary N) is 2. The van der Waals surface area contributed by atoms with Crippen molar-refractivity contribution < 1.29 is 18.3 Å². The standard InChI is InChI=1S/C12H14F2N2O2/c1-15-5-4-12(13,14)8-2-3-10-9(6-8)16-11(17)7-18-10/h2-3,6,15H,4-5,7H2,1H3,(H,16,17). The Morgan fingerprint density at radius 3 is 3.00 bits per heavy atom. The van der Waals surface area contributed by atoms with Gasteiger partial charge >= 0.3 is 0 Å². The molecule has 0 unspecified atom stereocenters. The van der Waals surface area contributed by atoms with E-state index in [9.17, 15) is 13.6 Å². The van der Waals surface area contributed by atoms with Gasteiger partial charge in [-0.2, -0.15) is 0 Å². The van der Waals surface area contributed by atoms with E-state index in [1.54, 1.807) is 7.05 Å². The second-order valence-corrected chi connectivity index (χ2v) is 4.11. The van der Waals surface area contributed by atoms with Crippen LogP contribution in [0.4, 0.5) is 14.5 Å². The Balaban J connectivity index is 2.24. The Labute approximate surface area is 103 Å². The molecule has 0 saturated heterocycles. The van der Waals surface area contributed by atoms with E-state index in [4.69, 9.17) is 4.74 Å².